The van der Waals surface area contributed by atoms with Crippen molar-refractivity contribution in [1.29, 1.82) is 0 Å². The Morgan fingerprint density at radius 1 is 1.14 bits per heavy atom. The van der Waals surface area contributed by atoms with Crippen LogP contribution in [0, 0.1) is 0 Å². The van der Waals surface area contributed by atoms with Crippen molar-refractivity contribution in [3.63, 3.8) is 0 Å². The first-order chi connectivity index (χ1) is 13.6. The fourth-order valence-corrected chi connectivity index (χ4v) is 3.50. The molecule has 8 heteroatoms. The molecule has 1 aromatic carbocycles. The molecule has 2 aliphatic rings. The summed E-state index contributed by atoms with van der Waals surface area (Å²) in [4.78, 5) is 24.3. The van der Waals surface area contributed by atoms with Gasteiger partial charge in [0.15, 0.2) is 0 Å². The lowest BCUT2D eigenvalue weighted by Gasteiger charge is -2.36. The molecule has 0 unspecified atom stereocenters. The van der Waals surface area contributed by atoms with Crippen LogP contribution in [0.5, 0.6) is 5.75 Å². The molecule has 8 nitrogen and oxygen atoms in total. The van der Waals surface area contributed by atoms with Crippen LogP contribution in [0.3, 0.4) is 0 Å². The van der Waals surface area contributed by atoms with Crippen LogP contribution in [-0.4, -0.2) is 55.1 Å². The number of carbonyl (C=O) groups is 2. The minimum atomic E-state index is -0.531. The van der Waals surface area contributed by atoms with Crippen LogP contribution in [0.1, 0.15) is 38.5 Å². The second kappa shape index (κ2) is 9.75. The van der Waals surface area contributed by atoms with Crippen molar-refractivity contribution in [3.8, 4) is 5.75 Å². The topological polar surface area (TPSA) is 109 Å². The van der Waals surface area contributed by atoms with Crippen molar-refractivity contribution in [2.75, 3.05) is 19.0 Å². The van der Waals surface area contributed by atoms with Gasteiger partial charge < -0.3 is 30.5 Å². The van der Waals surface area contributed by atoms with E-state index in [2.05, 4.69) is 16.0 Å². The first kappa shape index (κ1) is 20.4. The molecule has 154 valence electrons. The third-order valence-electron chi connectivity index (χ3n) is 5.34. The smallest absolute Gasteiger partial charge is 0.319 e. The van der Waals surface area contributed by atoms with Gasteiger partial charge >= 0.3 is 6.03 Å². The molecule has 28 heavy (non-hydrogen) atoms. The molecule has 1 saturated heterocycles. The van der Waals surface area contributed by atoms with Gasteiger partial charge in [0, 0.05) is 11.7 Å². The summed E-state index contributed by atoms with van der Waals surface area (Å²) in [6.07, 6.45) is 4.08. The van der Waals surface area contributed by atoms with Crippen molar-refractivity contribution in [1.82, 2.24) is 10.6 Å². The fourth-order valence-electron chi connectivity index (χ4n) is 3.50. The largest absolute Gasteiger partial charge is 0.497 e. The average molecular weight is 391 g/mol. The number of benzene rings is 1. The number of anilines is 1. The van der Waals surface area contributed by atoms with Crippen molar-refractivity contribution in [2.45, 2.75) is 62.8 Å². The molecule has 2 fully saturated rings. The SMILES string of the molecule is COc1ccc(NC(=O)N[C@@H]2CC[C@H](CC(=O)NC3CCC3)O[C@@H]2CO)cc1. The van der Waals surface area contributed by atoms with Gasteiger partial charge in [0.2, 0.25) is 5.91 Å². The highest BCUT2D eigenvalue weighted by Gasteiger charge is 2.33. The van der Waals surface area contributed by atoms with Crippen LogP contribution in [0.2, 0.25) is 0 Å². The molecule has 3 rings (SSSR count). The Morgan fingerprint density at radius 2 is 1.89 bits per heavy atom. The second-order valence-corrected chi connectivity index (χ2v) is 7.39. The lowest BCUT2D eigenvalue weighted by Crippen LogP contribution is -2.52. The van der Waals surface area contributed by atoms with Gasteiger partial charge in [-0.2, -0.15) is 0 Å². The molecular weight excluding hydrogens is 362 g/mol. The number of aliphatic hydroxyl groups excluding tert-OH is 1. The number of hydrogen-bond donors (Lipinski definition) is 4. The van der Waals surface area contributed by atoms with E-state index in [1.54, 1.807) is 31.4 Å². The average Bonchev–Trinajstić information content (AvgIpc) is 2.66. The van der Waals surface area contributed by atoms with E-state index in [1.165, 1.54) is 6.42 Å². The lowest BCUT2D eigenvalue weighted by molar-refractivity contribution is -0.131. The third-order valence-corrected chi connectivity index (χ3v) is 5.34. The summed E-state index contributed by atoms with van der Waals surface area (Å²) in [5.41, 5.74) is 0.640. The van der Waals surface area contributed by atoms with Crippen LogP contribution in [-0.2, 0) is 9.53 Å². The van der Waals surface area contributed by atoms with E-state index in [0.29, 0.717) is 30.3 Å². The van der Waals surface area contributed by atoms with Gasteiger partial charge in [-0.3, -0.25) is 4.79 Å². The molecule has 0 aromatic heterocycles. The van der Waals surface area contributed by atoms with E-state index in [0.717, 1.165) is 12.8 Å². The summed E-state index contributed by atoms with van der Waals surface area (Å²) in [6, 6.07) is 6.64. The highest BCUT2D eigenvalue weighted by molar-refractivity contribution is 5.89. The third kappa shape index (κ3) is 5.59. The van der Waals surface area contributed by atoms with E-state index in [9.17, 15) is 14.7 Å². The Kier molecular flexibility index (Phi) is 7.11. The zero-order valence-corrected chi connectivity index (χ0v) is 16.1. The highest BCUT2D eigenvalue weighted by Crippen LogP contribution is 2.23. The number of amides is 3. The number of carbonyl (C=O) groups excluding carboxylic acids is 2. The molecule has 3 atom stereocenters. The number of rotatable bonds is 7. The van der Waals surface area contributed by atoms with Crippen LogP contribution in [0.4, 0.5) is 10.5 Å². The van der Waals surface area contributed by atoms with Crippen LogP contribution in [0.15, 0.2) is 24.3 Å². The Hall–Kier alpha value is -2.32. The zero-order valence-electron chi connectivity index (χ0n) is 16.1. The first-order valence-corrected chi connectivity index (χ1v) is 9.84. The molecule has 1 aromatic rings. The van der Waals surface area contributed by atoms with Crippen molar-refractivity contribution < 1.29 is 24.2 Å². The summed E-state index contributed by atoms with van der Waals surface area (Å²) in [5, 5.41) is 18.3. The van der Waals surface area contributed by atoms with Gasteiger partial charge in [0.1, 0.15) is 11.9 Å². The summed E-state index contributed by atoms with van der Waals surface area (Å²) in [6.45, 7) is -0.214. The zero-order chi connectivity index (χ0) is 19.9. The standard InChI is InChI=1S/C20H29N3O5/c1-27-15-7-5-14(6-8-15)22-20(26)23-17-10-9-16(28-18(17)12-24)11-19(25)21-13-3-2-4-13/h5-8,13,16-18,24H,2-4,9-12H2,1H3,(H,21,25)(H2,22,23,26)/t16-,17-,18-/m1/s1. The molecule has 0 radical (unpaired) electrons. The maximum absolute atomic E-state index is 12.3. The molecule has 1 aliphatic heterocycles. The summed E-state index contributed by atoms with van der Waals surface area (Å²) >= 11 is 0. The van der Waals surface area contributed by atoms with Gasteiger partial charge in [-0.25, -0.2) is 4.79 Å². The Labute approximate surface area is 165 Å². The predicted octanol–water partition coefficient (Wildman–Crippen LogP) is 1.78. The van der Waals surface area contributed by atoms with Gasteiger partial charge in [-0.05, 0) is 56.4 Å². The normalized spacial score (nSPS) is 24.7. The molecule has 1 heterocycles. The maximum atomic E-state index is 12.3. The van der Waals surface area contributed by atoms with Gasteiger partial charge in [0.25, 0.3) is 0 Å². The van der Waals surface area contributed by atoms with Gasteiger partial charge in [-0.1, -0.05) is 0 Å². The van der Waals surface area contributed by atoms with E-state index >= 15 is 0 Å². The molecule has 1 aliphatic carbocycles. The van der Waals surface area contributed by atoms with Crippen LogP contribution < -0.4 is 20.7 Å². The maximum Gasteiger partial charge on any atom is 0.319 e. The number of hydrogen-bond acceptors (Lipinski definition) is 5. The minimum absolute atomic E-state index is 0.00459. The molecule has 1 saturated carbocycles. The molecule has 4 N–H and O–H groups in total. The number of aliphatic hydroxyl groups is 1. The van der Waals surface area contributed by atoms with E-state index < -0.39 is 6.10 Å². The molecule has 0 bridgehead atoms. The van der Waals surface area contributed by atoms with Crippen LogP contribution in [0.25, 0.3) is 0 Å². The predicted molar refractivity (Wildman–Crippen MR) is 104 cm³/mol. The van der Waals surface area contributed by atoms with Crippen LogP contribution >= 0.6 is 0 Å². The van der Waals surface area contributed by atoms with Crippen molar-refractivity contribution >= 4 is 17.6 Å². The quantitative estimate of drug-likeness (QED) is 0.567. The Morgan fingerprint density at radius 3 is 2.50 bits per heavy atom. The molecular formula is C20H29N3O5. The first-order valence-electron chi connectivity index (χ1n) is 9.84. The summed E-state index contributed by atoms with van der Waals surface area (Å²) < 4.78 is 11.0. The Bertz CT molecular complexity index is 662. The number of nitrogens with one attached hydrogen (secondary N) is 3. The van der Waals surface area contributed by atoms with Gasteiger partial charge in [0.05, 0.1) is 32.3 Å². The fraction of sp³-hybridized carbons (Fsp3) is 0.600. The second-order valence-electron chi connectivity index (χ2n) is 7.39. The summed E-state index contributed by atoms with van der Waals surface area (Å²) in [5.74, 6) is 0.703. The number of urea groups is 1. The van der Waals surface area contributed by atoms with Crippen molar-refractivity contribution in [3.05, 3.63) is 24.3 Å². The highest BCUT2D eigenvalue weighted by atomic mass is 16.5. The molecule has 0 spiro atoms. The minimum Gasteiger partial charge on any atom is -0.497 e. The molecule has 3 amide bonds. The van der Waals surface area contributed by atoms with Gasteiger partial charge in [-0.15, -0.1) is 0 Å². The summed E-state index contributed by atoms with van der Waals surface area (Å²) in [7, 11) is 1.58. The lowest BCUT2D eigenvalue weighted by atomic mass is 9.92. The number of methoxy groups -OCH3 is 1. The van der Waals surface area contributed by atoms with E-state index in [1.807, 2.05) is 0 Å². The van der Waals surface area contributed by atoms with E-state index in [-0.39, 0.29) is 37.1 Å². The van der Waals surface area contributed by atoms with Crippen molar-refractivity contribution in [2.24, 2.45) is 0 Å². The Balaban J connectivity index is 1.45. The van der Waals surface area contributed by atoms with E-state index in [4.69, 9.17) is 9.47 Å². The number of ether oxygens (including phenoxy) is 2. The monoisotopic (exact) mass is 391 g/mol.